The summed E-state index contributed by atoms with van der Waals surface area (Å²) in [6.45, 7) is 0.670. The van der Waals surface area contributed by atoms with Crippen molar-refractivity contribution in [3.05, 3.63) is 40.2 Å². The number of aryl methyl sites for hydroxylation is 1. The van der Waals surface area contributed by atoms with E-state index in [9.17, 15) is 8.78 Å². The van der Waals surface area contributed by atoms with Gasteiger partial charge in [0.25, 0.3) is 0 Å². The summed E-state index contributed by atoms with van der Waals surface area (Å²) in [5.74, 6) is -0.912. The van der Waals surface area contributed by atoms with Gasteiger partial charge < -0.3 is 4.74 Å². The highest BCUT2D eigenvalue weighted by atomic mass is 32.1. The second-order valence-corrected chi connectivity index (χ2v) is 4.79. The van der Waals surface area contributed by atoms with Crippen molar-refractivity contribution in [3.8, 4) is 11.3 Å². The molecule has 0 N–H and O–H groups in total. The molecule has 2 aromatic rings. The van der Waals surface area contributed by atoms with Gasteiger partial charge in [0.2, 0.25) is 0 Å². The predicted octanol–water partition coefficient (Wildman–Crippen LogP) is 3.67. The zero-order valence-electron chi connectivity index (χ0n) is 9.95. The molecule has 0 atom stereocenters. The molecule has 0 unspecified atom stereocenters. The van der Waals surface area contributed by atoms with Crippen LogP contribution in [-0.2, 0) is 11.2 Å². The predicted molar refractivity (Wildman–Crippen MR) is 67.7 cm³/mol. The van der Waals surface area contributed by atoms with Crippen molar-refractivity contribution < 1.29 is 13.5 Å². The van der Waals surface area contributed by atoms with Gasteiger partial charge in [-0.05, 0) is 24.6 Å². The van der Waals surface area contributed by atoms with E-state index in [4.69, 9.17) is 4.74 Å². The van der Waals surface area contributed by atoms with Gasteiger partial charge in [-0.2, -0.15) is 0 Å². The molecule has 0 saturated carbocycles. The van der Waals surface area contributed by atoms with Crippen LogP contribution in [0.15, 0.2) is 23.6 Å². The van der Waals surface area contributed by atoms with E-state index in [2.05, 4.69) is 4.98 Å². The molecule has 2 rings (SSSR count). The highest BCUT2D eigenvalue weighted by Crippen LogP contribution is 2.25. The van der Waals surface area contributed by atoms with Crippen molar-refractivity contribution in [2.45, 2.75) is 12.8 Å². The molecular formula is C13H13F2NOS. The van der Waals surface area contributed by atoms with E-state index in [1.165, 1.54) is 17.4 Å². The van der Waals surface area contributed by atoms with E-state index < -0.39 is 11.6 Å². The Morgan fingerprint density at radius 2 is 2.17 bits per heavy atom. The van der Waals surface area contributed by atoms with Gasteiger partial charge in [-0.3, -0.25) is 0 Å². The number of nitrogens with zero attached hydrogens (tertiary/aromatic N) is 1. The Balaban J connectivity index is 2.16. The third kappa shape index (κ3) is 3.11. The van der Waals surface area contributed by atoms with Crippen molar-refractivity contribution in [1.82, 2.24) is 4.98 Å². The molecule has 1 aromatic heterocycles. The lowest BCUT2D eigenvalue weighted by Crippen LogP contribution is -1.92. The molecule has 96 valence electrons. The molecule has 0 bridgehead atoms. The first-order valence-corrected chi connectivity index (χ1v) is 6.47. The van der Waals surface area contributed by atoms with Crippen molar-refractivity contribution >= 4 is 11.3 Å². The molecule has 1 heterocycles. The fraction of sp³-hybridized carbons (Fsp3) is 0.308. The van der Waals surface area contributed by atoms with Gasteiger partial charge in [-0.25, -0.2) is 13.8 Å². The number of rotatable bonds is 5. The normalized spacial score (nSPS) is 10.8. The summed E-state index contributed by atoms with van der Waals surface area (Å²) in [5.41, 5.74) is 0.702. The van der Waals surface area contributed by atoms with Crippen LogP contribution < -0.4 is 0 Å². The number of hydrogen-bond donors (Lipinski definition) is 0. The molecule has 0 amide bonds. The van der Waals surface area contributed by atoms with Gasteiger partial charge in [0.15, 0.2) is 0 Å². The van der Waals surface area contributed by atoms with Gasteiger partial charge in [0, 0.05) is 31.1 Å². The van der Waals surface area contributed by atoms with Crippen molar-refractivity contribution in [2.24, 2.45) is 0 Å². The summed E-state index contributed by atoms with van der Waals surface area (Å²) < 4.78 is 31.6. The number of aromatic nitrogens is 1. The Hall–Kier alpha value is -1.33. The van der Waals surface area contributed by atoms with Crippen LogP contribution in [0.2, 0.25) is 0 Å². The number of hydrogen-bond acceptors (Lipinski definition) is 3. The quantitative estimate of drug-likeness (QED) is 0.773. The third-order valence-electron chi connectivity index (χ3n) is 2.50. The second kappa shape index (κ2) is 6.02. The molecule has 0 aliphatic carbocycles. The Bertz CT molecular complexity index is 527. The molecule has 18 heavy (non-hydrogen) atoms. The van der Waals surface area contributed by atoms with Crippen molar-refractivity contribution in [3.63, 3.8) is 0 Å². The van der Waals surface area contributed by atoms with E-state index in [0.29, 0.717) is 12.3 Å². The van der Waals surface area contributed by atoms with Crippen LogP contribution >= 0.6 is 11.3 Å². The first kappa shape index (κ1) is 13.1. The number of methoxy groups -OCH3 is 1. The molecule has 0 aliphatic heterocycles. The molecule has 2 nitrogen and oxygen atoms in total. The molecule has 1 aromatic carbocycles. The number of ether oxygens (including phenoxy) is 1. The first-order chi connectivity index (χ1) is 8.70. The minimum absolute atomic E-state index is 0.212. The lowest BCUT2D eigenvalue weighted by molar-refractivity contribution is 0.195. The van der Waals surface area contributed by atoms with Crippen LogP contribution in [0.5, 0.6) is 0 Å². The van der Waals surface area contributed by atoms with Crippen LogP contribution in [0, 0.1) is 11.6 Å². The average Bonchev–Trinajstić information content (AvgIpc) is 2.81. The zero-order chi connectivity index (χ0) is 13.0. The fourth-order valence-electron chi connectivity index (χ4n) is 1.61. The highest BCUT2D eigenvalue weighted by molar-refractivity contribution is 7.09. The lowest BCUT2D eigenvalue weighted by Gasteiger charge is -1.99. The van der Waals surface area contributed by atoms with E-state index >= 15 is 0 Å². The summed E-state index contributed by atoms with van der Waals surface area (Å²) in [5, 5.41) is 2.66. The van der Waals surface area contributed by atoms with Gasteiger partial charge in [0.05, 0.1) is 10.7 Å². The molecule has 0 saturated heterocycles. The Labute approximate surface area is 108 Å². The fourth-order valence-corrected chi connectivity index (χ4v) is 2.45. The highest BCUT2D eigenvalue weighted by Gasteiger charge is 2.10. The summed E-state index contributed by atoms with van der Waals surface area (Å²) in [6, 6.07) is 3.39. The monoisotopic (exact) mass is 269 g/mol. The second-order valence-electron chi connectivity index (χ2n) is 3.85. The minimum Gasteiger partial charge on any atom is -0.385 e. The number of thiazole rings is 1. The van der Waals surface area contributed by atoms with Crippen LogP contribution in [0.1, 0.15) is 11.4 Å². The summed E-state index contributed by atoms with van der Waals surface area (Å²) in [6.07, 6.45) is 1.66. The van der Waals surface area contributed by atoms with Crippen LogP contribution in [0.25, 0.3) is 11.3 Å². The molecule has 0 aliphatic rings. The third-order valence-corrected chi connectivity index (χ3v) is 3.40. The van der Waals surface area contributed by atoms with Gasteiger partial charge in [-0.15, -0.1) is 11.3 Å². The minimum atomic E-state index is -0.458. The largest absolute Gasteiger partial charge is 0.385 e. The molecule has 0 spiro atoms. The summed E-state index contributed by atoms with van der Waals surface area (Å²) in [7, 11) is 1.65. The Morgan fingerprint density at radius 1 is 1.33 bits per heavy atom. The maximum absolute atomic E-state index is 13.5. The van der Waals surface area contributed by atoms with Crippen LogP contribution in [0.4, 0.5) is 8.78 Å². The SMILES string of the molecule is COCCCc1nc(-c2cc(F)ccc2F)cs1. The van der Waals surface area contributed by atoms with E-state index in [1.54, 1.807) is 12.5 Å². The van der Waals surface area contributed by atoms with Crippen molar-refractivity contribution in [1.29, 1.82) is 0 Å². The maximum atomic E-state index is 13.5. The topological polar surface area (TPSA) is 22.1 Å². The maximum Gasteiger partial charge on any atom is 0.132 e. The first-order valence-electron chi connectivity index (χ1n) is 5.59. The standard InChI is InChI=1S/C13H13F2NOS/c1-17-6-2-3-13-16-12(8-18-13)10-7-9(14)4-5-11(10)15/h4-5,7-8H,2-3,6H2,1H3. The number of halogens is 2. The van der Waals surface area contributed by atoms with Gasteiger partial charge in [0.1, 0.15) is 11.6 Å². The molecule has 0 fully saturated rings. The Kier molecular flexibility index (Phi) is 4.38. The lowest BCUT2D eigenvalue weighted by atomic mass is 10.1. The molecule has 0 radical (unpaired) electrons. The smallest absolute Gasteiger partial charge is 0.132 e. The van der Waals surface area contributed by atoms with Crippen LogP contribution in [-0.4, -0.2) is 18.7 Å². The van der Waals surface area contributed by atoms with Gasteiger partial charge in [-0.1, -0.05) is 0 Å². The summed E-state index contributed by atoms with van der Waals surface area (Å²) >= 11 is 1.45. The van der Waals surface area contributed by atoms with E-state index in [-0.39, 0.29) is 5.56 Å². The average molecular weight is 269 g/mol. The molecule has 5 heteroatoms. The molecular weight excluding hydrogens is 256 g/mol. The summed E-state index contributed by atoms with van der Waals surface area (Å²) in [4.78, 5) is 4.31. The van der Waals surface area contributed by atoms with E-state index in [0.717, 1.165) is 30.0 Å². The van der Waals surface area contributed by atoms with Crippen molar-refractivity contribution in [2.75, 3.05) is 13.7 Å². The van der Waals surface area contributed by atoms with Gasteiger partial charge >= 0.3 is 0 Å². The zero-order valence-corrected chi connectivity index (χ0v) is 10.8. The number of benzene rings is 1. The van der Waals surface area contributed by atoms with Crippen LogP contribution in [0.3, 0.4) is 0 Å². The Morgan fingerprint density at radius 3 is 2.94 bits per heavy atom. The van der Waals surface area contributed by atoms with E-state index in [1.807, 2.05) is 0 Å².